The van der Waals surface area contributed by atoms with Gasteiger partial charge in [0, 0.05) is 18.0 Å². The number of rotatable bonds is 5. The summed E-state index contributed by atoms with van der Waals surface area (Å²) < 4.78 is 4.79. The van der Waals surface area contributed by atoms with Crippen LogP contribution < -0.4 is 5.32 Å². The fourth-order valence-corrected chi connectivity index (χ4v) is 1.42. The third-order valence-electron chi connectivity index (χ3n) is 1.91. The Balaban J connectivity index is 2.62. The maximum atomic E-state index is 11.3. The minimum absolute atomic E-state index is 0.0680. The van der Waals surface area contributed by atoms with Gasteiger partial charge < -0.3 is 4.74 Å². The Morgan fingerprint density at radius 1 is 1.50 bits per heavy atom. The normalized spacial score (nSPS) is 9.89. The second-order valence-electron chi connectivity index (χ2n) is 3.22. The molecule has 0 radical (unpaired) electrons. The molecule has 0 saturated carbocycles. The first kappa shape index (κ1) is 14.5. The van der Waals surface area contributed by atoms with Crippen molar-refractivity contribution in [3.05, 3.63) is 33.3 Å². The molecule has 0 aliphatic rings. The highest BCUT2D eigenvalue weighted by Crippen LogP contribution is 2.26. The van der Waals surface area contributed by atoms with Crippen molar-refractivity contribution < 1.29 is 14.5 Å². The van der Waals surface area contributed by atoms with E-state index < -0.39 is 11.0 Å². The van der Waals surface area contributed by atoms with E-state index in [-0.39, 0.29) is 23.0 Å². The Morgan fingerprint density at radius 2 is 2.22 bits per heavy atom. The Hall–Kier alpha value is -1.53. The lowest BCUT2D eigenvalue weighted by Crippen LogP contribution is -2.14. The van der Waals surface area contributed by atoms with E-state index in [0.717, 1.165) is 6.07 Å². The molecule has 1 N–H and O–H groups in total. The van der Waals surface area contributed by atoms with Crippen LogP contribution in [0.4, 0.5) is 16.2 Å². The number of nitrogens with zero attached hydrogens (tertiary/aromatic N) is 1. The number of hydrogen-bond acceptors (Lipinski definition) is 4. The lowest BCUT2D eigenvalue weighted by molar-refractivity contribution is -0.384. The lowest BCUT2D eigenvalue weighted by Gasteiger charge is -2.07. The quantitative estimate of drug-likeness (QED) is 0.390. The van der Waals surface area contributed by atoms with Gasteiger partial charge in [-0.15, -0.1) is 11.6 Å². The van der Waals surface area contributed by atoms with Crippen LogP contribution in [-0.2, 0) is 4.74 Å². The summed E-state index contributed by atoms with van der Waals surface area (Å²) in [6.07, 6.45) is -0.140. The van der Waals surface area contributed by atoms with Gasteiger partial charge in [0.1, 0.15) is 0 Å². The summed E-state index contributed by atoms with van der Waals surface area (Å²) in [5.41, 5.74) is 0.0965. The molecule has 0 aliphatic heterocycles. The molecule has 0 heterocycles. The first-order valence-electron chi connectivity index (χ1n) is 4.98. The van der Waals surface area contributed by atoms with Gasteiger partial charge in [-0.05, 0) is 12.5 Å². The largest absolute Gasteiger partial charge is 0.449 e. The van der Waals surface area contributed by atoms with Crippen LogP contribution in [0.1, 0.15) is 6.42 Å². The highest BCUT2D eigenvalue weighted by Gasteiger charge is 2.11. The van der Waals surface area contributed by atoms with Crippen LogP contribution in [0.15, 0.2) is 18.2 Å². The lowest BCUT2D eigenvalue weighted by atomic mass is 10.3. The average Bonchev–Trinajstić information content (AvgIpc) is 2.32. The molecule has 0 unspecified atom stereocenters. The van der Waals surface area contributed by atoms with Gasteiger partial charge in [0.2, 0.25) is 0 Å². The molecule has 1 rings (SSSR count). The van der Waals surface area contributed by atoms with Crippen molar-refractivity contribution in [2.24, 2.45) is 0 Å². The second kappa shape index (κ2) is 7.03. The van der Waals surface area contributed by atoms with Gasteiger partial charge in [-0.3, -0.25) is 15.4 Å². The summed E-state index contributed by atoms with van der Waals surface area (Å²) in [6.45, 7) is 0.194. The van der Waals surface area contributed by atoms with Gasteiger partial charge in [0.15, 0.2) is 0 Å². The van der Waals surface area contributed by atoms with Crippen LogP contribution >= 0.6 is 23.2 Å². The Kier molecular flexibility index (Phi) is 5.67. The monoisotopic (exact) mass is 292 g/mol. The zero-order valence-corrected chi connectivity index (χ0v) is 10.7. The Labute approximate surface area is 113 Å². The molecule has 0 atom stereocenters. The maximum Gasteiger partial charge on any atom is 0.411 e. The van der Waals surface area contributed by atoms with Crippen LogP contribution in [0, 0.1) is 10.1 Å². The van der Waals surface area contributed by atoms with E-state index in [4.69, 9.17) is 27.9 Å². The molecule has 98 valence electrons. The standard InChI is InChI=1S/C10H10Cl2N2O4/c11-4-1-5-18-10(15)13-9-3-2-7(14(16)17)6-8(9)12/h2-3,6H,1,4-5H2,(H,13,15). The number of carbonyl (C=O) groups excluding carboxylic acids is 1. The molecular formula is C10H10Cl2N2O4. The highest BCUT2D eigenvalue weighted by molar-refractivity contribution is 6.33. The molecule has 1 aromatic carbocycles. The molecule has 0 spiro atoms. The predicted octanol–water partition coefficient (Wildman–Crippen LogP) is 3.43. The van der Waals surface area contributed by atoms with Crippen LogP contribution in [0.2, 0.25) is 5.02 Å². The molecular weight excluding hydrogens is 283 g/mol. The smallest absolute Gasteiger partial charge is 0.411 e. The van der Waals surface area contributed by atoms with Crippen LogP contribution in [0.3, 0.4) is 0 Å². The molecule has 18 heavy (non-hydrogen) atoms. The first-order chi connectivity index (χ1) is 8.54. The van der Waals surface area contributed by atoms with Crippen LogP contribution in [0.5, 0.6) is 0 Å². The van der Waals surface area contributed by atoms with Crippen LogP contribution in [0.25, 0.3) is 0 Å². The number of anilines is 1. The number of carbonyl (C=O) groups is 1. The number of amides is 1. The molecule has 0 fully saturated rings. The van der Waals surface area contributed by atoms with Gasteiger partial charge >= 0.3 is 6.09 Å². The van der Waals surface area contributed by atoms with Gasteiger partial charge in [0.25, 0.3) is 5.69 Å². The van der Waals surface area contributed by atoms with Crippen LogP contribution in [-0.4, -0.2) is 23.5 Å². The zero-order chi connectivity index (χ0) is 13.5. The van der Waals surface area contributed by atoms with Crippen molar-refractivity contribution in [1.82, 2.24) is 0 Å². The number of alkyl halides is 1. The summed E-state index contributed by atoms with van der Waals surface area (Å²) in [6, 6.07) is 3.72. The SMILES string of the molecule is O=C(Nc1ccc([N+](=O)[O-])cc1Cl)OCCCCl. The number of non-ortho nitro benzene ring substituents is 1. The molecule has 0 aliphatic carbocycles. The predicted molar refractivity (Wildman–Crippen MR) is 68.4 cm³/mol. The Morgan fingerprint density at radius 3 is 2.78 bits per heavy atom. The number of nitro groups is 1. The van der Waals surface area contributed by atoms with E-state index in [1.54, 1.807) is 0 Å². The summed E-state index contributed by atoms with van der Waals surface area (Å²) >= 11 is 11.2. The van der Waals surface area contributed by atoms with Crippen molar-refractivity contribution in [2.45, 2.75) is 6.42 Å². The van der Waals surface area contributed by atoms with E-state index in [0.29, 0.717) is 12.3 Å². The zero-order valence-electron chi connectivity index (χ0n) is 9.19. The fourth-order valence-electron chi connectivity index (χ4n) is 1.08. The minimum atomic E-state index is -0.684. The van der Waals surface area contributed by atoms with Gasteiger partial charge in [-0.25, -0.2) is 4.79 Å². The number of nitrogens with one attached hydrogen (secondary N) is 1. The maximum absolute atomic E-state index is 11.3. The number of halogens is 2. The summed E-state index contributed by atoms with van der Waals surface area (Å²) in [5, 5.41) is 12.9. The van der Waals surface area contributed by atoms with Gasteiger partial charge in [0.05, 0.1) is 22.2 Å². The van der Waals surface area contributed by atoms with E-state index in [1.807, 2.05) is 0 Å². The topological polar surface area (TPSA) is 81.5 Å². The molecule has 1 amide bonds. The molecule has 6 nitrogen and oxygen atoms in total. The van der Waals surface area contributed by atoms with E-state index in [1.165, 1.54) is 12.1 Å². The minimum Gasteiger partial charge on any atom is -0.449 e. The fraction of sp³-hybridized carbons (Fsp3) is 0.300. The third-order valence-corrected chi connectivity index (χ3v) is 2.49. The summed E-state index contributed by atoms with van der Waals surface area (Å²) in [7, 11) is 0. The van der Waals surface area contributed by atoms with Crippen molar-refractivity contribution >= 4 is 40.7 Å². The molecule has 0 aromatic heterocycles. The van der Waals surface area contributed by atoms with Gasteiger partial charge in [-0.1, -0.05) is 11.6 Å². The average molecular weight is 293 g/mol. The highest BCUT2D eigenvalue weighted by atomic mass is 35.5. The third kappa shape index (κ3) is 4.38. The Bertz CT molecular complexity index is 454. The first-order valence-corrected chi connectivity index (χ1v) is 5.89. The summed E-state index contributed by atoms with van der Waals surface area (Å²) in [5.74, 6) is 0.394. The number of hydrogen-bond donors (Lipinski definition) is 1. The second-order valence-corrected chi connectivity index (χ2v) is 4.01. The van der Waals surface area contributed by atoms with Crippen molar-refractivity contribution in [3.8, 4) is 0 Å². The van der Waals surface area contributed by atoms with E-state index in [9.17, 15) is 14.9 Å². The molecule has 1 aromatic rings. The molecule has 0 bridgehead atoms. The molecule has 0 saturated heterocycles. The van der Waals surface area contributed by atoms with Crippen molar-refractivity contribution in [3.63, 3.8) is 0 Å². The number of ether oxygens (including phenoxy) is 1. The molecule has 8 heteroatoms. The van der Waals surface area contributed by atoms with Crippen molar-refractivity contribution in [2.75, 3.05) is 17.8 Å². The van der Waals surface area contributed by atoms with E-state index >= 15 is 0 Å². The van der Waals surface area contributed by atoms with Gasteiger partial charge in [-0.2, -0.15) is 0 Å². The van der Waals surface area contributed by atoms with E-state index in [2.05, 4.69) is 5.32 Å². The number of nitro benzene ring substituents is 1. The van der Waals surface area contributed by atoms with Crippen molar-refractivity contribution in [1.29, 1.82) is 0 Å². The number of benzene rings is 1. The summed E-state index contributed by atoms with van der Waals surface area (Å²) in [4.78, 5) is 21.2.